The van der Waals surface area contributed by atoms with Crippen molar-refractivity contribution in [2.24, 2.45) is 0 Å². The minimum atomic E-state index is -3.40. The van der Waals surface area contributed by atoms with E-state index < -0.39 is 9.84 Å². The third-order valence-electron chi connectivity index (χ3n) is 3.02. The number of carbonyl (C=O) groups excluding carboxylic acids is 1. The monoisotopic (exact) mass is 323 g/mol. The number of rotatable bonds is 6. The third-order valence-corrected chi connectivity index (χ3v) is 5.63. The van der Waals surface area contributed by atoms with Crippen LogP contribution in [0.2, 0.25) is 0 Å². The van der Waals surface area contributed by atoms with Crippen LogP contribution >= 0.6 is 11.3 Å². The Morgan fingerprint density at radius 1 is 1.19 bits per heavy atom. The topological polar surface area (TPSA) is 63.2 Å². The van der Waals surface area contributed by atoms with Gasteiger partial charge in [-0.3, -0.25) is 4.79 Å². The predicted octanol–water partition coefficient (Wildman–Crippen LogP) is 2.54. The number of benzene rings is 1. The lowest BCUT2D eigenvalue weighted by molar-refractivity contribution is -0.120. The van der Waals surface area contributed by atoms with Crippen LogP contribution in [0.1, 0.15) is 16.9 Å². The maximum absolute atomic E-state index is 12.1. The maximum atomic E-state index is 12.1. The number of sulfone groups is 1. The second kappa shape index (κ2) is 6.87. The van der Waals surface area contributed by atoms with E-state index in [0.29, 0.717) is 6.54 Å². The largest absolute Gasteiger partial charge is 0.351 e. The molecule has 0 aliphatic heterocycles. The van der Waals surface area contributed by atoms with Gasteiger partial charge in [-0.25, -0.2) is 8.42 Å². The summed E-state index contributed by atoms with van der Waals surface area (Å²) < 4.78 is 24.2. The molecule has 0 aliphatic rings. The lowest BCUT2D eigenvalue weighted by Crippen LogP contribution is -2.24. The first-order valence-electron chi connectivity index (χ1n) is 6.56. The first-order chi connectivity index (χ1) is 9.97. The van der Waals surface area contributed by atoms with Gasteiger partial charge in [0.1, 0.15) is 0 Å². The Morgan fingerprint density at radius 2 is 1.90 bits per heavy atom. The van der Waals surface area contributed by atoms with Gasteiger partial charge >= 0.3 is 0 Å². The van der Waals surface area contributed by atoms with E-state index in [1.165, 1.54) is 0 Å². The molecule has 2 aromatic rings. The molecular formula is C15H17NO3S2. The summed E-state index contributed by atoms with van der Waals surface area (Å²) in [5.41, 5.74) is 1.00. The number of nitrogens with one attached hydrogen (secondary N) is 1. The van der Waals surface area contributed by atoms with Crippen molar-refractivity contribution in [3.8, 4) is 0 Å². The van der Waals surface area contributed by atoms with Gasteiger partial charge in [-0.2, -0.15) is 0 Å². The highest BCUT2D eigenvalue weighted by Crippen LogP contribution is 2.13. The van der Waals surface area contributed by atoms with E-state index in [4.69, 9.17) is 0 Å². The van der Waals surface area contributed by atoms with Crippen molar-refractivity contribution in [3.05, 3.63) is 52.2 Å². The Hall–Kier alpha value is -1.66. The number of aryl methyl sites for hydroxylation is 1. The molecule has 112 valence electrons. The normalized spacial score (nSPS) is 11.3. The molecule has 0 saturated heterocycles. The molecule has 0 atom stereocenters. The van der Waals surface area contributed by atoms with E-state index in [0.717, 1.165) is 10.4 Å². The first kappa shape index (κ1) is 15.7. The summed E-state index contributed by atoms with van der Waals surface area (Å²) in [7, 11) is -3.40. The Bertz CT molecular complexity index is 689. The molecule has 0 aliphatic carbocycles. The Morgan fingerprint density at radius 3 is 2.52 bits per heavy atom. The van der Waals surface area contributed by atoms with Crippen LogP contribution in [0.25, 0.3) is 0 Å². The third kappa shape index (κ3) is 4.68. The smallest absolute Gasteiger partial charge is 0.221 e. The van der Waals surface area contributed by atoms with E-state index in [2.05, 4.69) is 5.32 Å². The van der Waals surface area contributed by atoms with Crippen LogP contribution in [0.4, 0.5) is 0 Å². The molecule has 1 aromatic heterocycles. The van der Waals surface area contributed by atoms with Crippen LogP contribution in [-0.2, 0) is 21.2 Å². The zero-order chi connectivity index (χ0) is 15.3. The molecule has 1 amide bonds. The van der Waals surface area contributed by atoms with Crippen molar-refractivity contribution < 1.29 is 13.2 Å². The van der Waals surface area contributed by atoms with Crippen molar-refractivity contribution >= 4 is 27.1 Å². The standard InChI is InChI=1S/C15H17NO3S2/c1-12-4-6-14(7-5-12)21(18,19)10-8-15(17)16-11-13-3-2-9-20-13/h2-7,9H,8,10-11H2,1H3,(H,16,17). The summed E-state index contributed by atoms with van der Waals surface area (Å²) in [6.45, 7) is 2.34. The molecule has 2 rings (SSSR count). The van der Waals surface area contributed by atoms with Gasteiger partial charge in [0.25, 0.3) is 0 Å². The highest BCUT2D eigenvalue weighted by atomic mass is 32.2. The molecule has 6 heteroatoms. The number of thiophene rings is 1. The second-order valence-electron chi connectivity index (χ2n) is 4.74. The van der Waals surface area contributed by atoms with Crippen molar-refractivity contribution in [1.29, 1.82) is 0 Å². The van der Waals surface area contributed by atoms with E-state index >= 15 is 0 Å². The molecular weight excluding hydrogens is 306 g/mol. The summed E-state index contributed by atoms with van der Waals surface area (Å²) in [6, 6.07) is 10.5. The van der Waals surface area contributed by atoms with Gasteiger partial charge in [-0.15, -0.1) is 11.3 Å². The van der Waals surface area contributed by atoms with Gasteiger partial charge in [0, 0.05) is 11.3 Å². The highest BCUT2D eigenvalue weighted by molar-refractivity contribution is 7.91. The molecule has 0 fully saturated rings. The summed E-state index contributed by atoms with van der Waals surface area (Å²) in [5, 5.41) is 4.66. The fourth-order valence-corrected chi connectivity index (χ4v) is 3.66. The Balaban J connectivity index is 1.86. The van der Waals surface area contributed by atoms with Crippen molar-refractivity contribution in [2.75, 3.05) is 5.75 Å². The summed E-state index contributed by atoms with van der Waals surface area (Å²) in [4.78, 5) is 13.0. The average molecular weight is 323 g/mol. The number of hydrogen-bond donors (Lipinski definition) is 1. The molecule has 1 heterocycles. The minimum absolute atomic E-state index is 0.0262. The maximum Gasteiger partial charge on any atom is 0.221 e. The molecule has 0 radical (unpaired) electrons. The Kier molecular flexibility index (Phi) is 5.14. The second-order valence-corrected chi connectivity index (χ2v) is 7.88. The molecule has 0 bridgehead atoms. The lowest BCUT2D eigenvalue weighted by Gasteiger charge is -2.06. The van der Waals surface area contributed by atoms with Crippen LogP contribution in [0.3, 0.4) is 0 Å². The van der Waals surface area contributed by atoms with Gasteiger partial charge in [0.15, 0.2) is 9.84 Å². The van der Waals surface area contributed by atoms with Crippen LogP contribution in [0.15, 0.2) is 46.7 Å². The molecule has 21 heavy (non-hydrogen) atoms. The van der Waals surface area contributed by atoms with E-state index in [1.807, 2.05) is 24.4 Å². The molecule has 4 nitrogen and oxygen atoms in total. The minimum Gasteiger partial charge on any atom is -0.351 e. The fraction of sp³-hybridized carbons (Fsp3) is 0.267. The van der Waals surface area contributed by atoms with E-state index in [-0.39, 0.29) is 23.0 Å². The van der Waals surface area contributed by atoms with Crippen molar-refractivity contribution in [3.63, 3.8) is 0 Å². The molecule has 0 spiro atoms. The fourth-order valence-electron chi connectivity index (χ4n) is 1.78. The average Bonchev–Trinajstić information content (AvgIpc) is 2.97. The molecule has 0 unspecified atom stereocenters. The van der Waals surface area contributed by atoms with Crippen LogP contribution in [0, 0.1) is 6.92 Å². The van der Waals surface area contributed by atoms with Gasteiger partial charge in [-0.05, 0) is 30.5 Å². The van der Waals surface area contributed by atoms with Crippen LogP contribution < -0.4 is 5.32 Å². The van der Waals surface area contributed by atoms with Crippen LogP contribution in [0.5, 0.6) is 0 Å². The van der Waals surface area contributed by atoms with E-state index in [9.17, 15) is 13.2 Å². The lowest BCUT2D eigenvalue weighted by atomic mass is 10.2. The number of carbonyl (C=O) groups is 1. The number of amides is 1. The summed E-state index contributed by atoms with van der Waals surface area (Å²) >= 11 is 1.55. The highest BCUT2D eigenvalue weighted by Gasteiger charge is 2.16. The zero-order valence-electron chi connectivity index (χ0n) is 11.7. The summed E-state index contributed by atoms with van der Waals surface area (Å²) in [6.07, 6.45) is -0.0262. The van der Waals surface area contributed by atoms with E-state index in [1.54, 1.807) is 35.6 Å². The molecule has 1 N–H and O–H groups in total. The Labute approximate surface area is 128 Å². The summed E-state index contributed by atoms with van der Waals surface area (Å²) in [5.74, 6) is -0.425. The zero-order valence-corrected chi connectivity index (χ0v) is 13.3. The quantitative estimate of drug-likeness (QED) is 0.888. The van der Waals surface area contributed by atoms with Gasteiger partial charge in [0.2, 0.25) is 5.91 Å². The van der Waals surface area contributed by atoms with Gasteiger partial charge in [-0.1, -0.05) is 23.8 Å². The van der Waals surface area contributed by atoms with Crippen molar-refractivity contribution in [2.45, 2.75) is 24.8 Å². The van der Waals surface area contributed by atoms with Gasteiger partial charge in [0.05, 0.1) is 17.2 Å². The molecule has 0 saturated carbocycles. The van der Waals surface area contributed by atoms with Crippen LogP contribution in [-0.4, -0.2) is 20.1 Å². The van der Waals surface area contributed by atoms with Crippen molar-refractivity contribution in [1.82, 2.24) is 5.32 Å². The molecule has 1 aromatic carbocycles. The van der Waals surface area contributed by atoms with Gasteiger partial charge < -0.3 is 5.32 Å². The number of hydrogen-bond acceptors (Lipinski definition) is 4. The first-order valence-corrected chi connectivity index (χ1v) is 9.09. The SMILES string of the molecule is Cc1ccc(S(=O)(=O)CCC(=O)NCc2cccs2)cc1. The predicted molar refractivity (Wildman–Crippen MR) is 84.0 cm³/mol.